The molecule has 0 aliphatic rings. The van der Waals surface area contributed by atoms with Crippen molar-refractivity contribution in [2.75, 3.05) is 0 Å². The standard InChI is InChI=1S/C8H2Br2F3NOS/c9-4-1-5(10)7(14-3-16)6(2-4)15-8(11,12)13/h1-2H. The number of rotatable bonds is 2. The first-order valence-corrected chi connectivity index (χ1v) is 5.65. The van der Waals surface area contributed by atoms with Gasteiger partial charge in [0.05, 0.1) is 5.16 Å². The van der Waals surface area contributed by atoms with Crippen molar-refractivity contribution in [1.82, 2.24) is 0 Å². The Morgan fingerprint density at radius 1 is 1.31 bits per heavy atom. The van der Waals surface area contributed by atoms with Crippen LogP contribution in [0.25, 0.3) is 0 Å². The average molecular weight is 377 g/mol. The third-order valence-corrected chi connectivity index (χ3v) is 2.53. The SMILES string of the molecule is FC(F)(F)Oc1cc(Br)cc(Br)c1N=C=S. The van der Waals surface area contributed by atoms with Gasteiger partial charge in [-0.15, -0.1) is 13.2 Å². The molecule has 0 radical (unpaired) electrons. The van der Waals surface area contributed by atoms with Gasteiger partial charge in [0, 0.05) is 8.95 Å². The van der Waals surface area contributed by atoms with Crippen molar-refractivity contribution in [1.29, 1.82) is 0 Å². The maximum atomic E-state index is 12.1. The molecule has 0 heterocycles. The topological polar surface area (TPSA) is 21.6 Å². The summed E-state index contributed by atoms with van der Waals surface area (Å²) in [5.41, 5.74) is -0.0597. The summed E-state index contributed by atoms with van der Waals surface area (Å²) >= 11 is 10.4. The predicted octanol–water partition coefficient (Wildman–Crippen LogP) is 4.84. The number of hydrogen-bond acceptors (Lipinski definition) is 3. The lowest BCUT2D eigenvalue weighted by Crippen LogP contribution is -2.17. The van der Waals surface area contributed by atoms with E-state index in [4.69, 9.17) is 0 Å². The van der Waals surface area contributed by atoms with Crippen molar-refractivity contribution < 1.29 is 17.9 Å². The average Bonchev–Trinajstić information content (AvgIpc) is 2.08. The van der Waals surface area contributed by atoms with Crippen molar-refractivity contribution in [2.45, 2.75) is 6.36 Å². The molecule has 0 fully saturated rings. The van der Waals surface area contributed by atoms with E-state index >= 15 is 0 Å². The van der Waals surface area contributed by atoms with E-state index in [1.807, 2.05) is 5.16 Å². The van der Waals surface area contributed by atoms with Crippen LogP contribution in [0.5, 0.6) is 5.75 Å². The number of isothiocyanates is 1. The lowest BCUT2D eigenvalue weighted by atomic mass is 10.3. The van der Waals surface area contributed by atoms with Gasteiger partial charge in [-0.3, -0.25) is 0 Å². The van der Waals surface area contributed by atoms with E-state index in [9.17, 15) is 13.2 Å². The smallest absolute Gasteiger partial charge is 0.403 e. The fourth-order valence-electron chi connectivity index (χ4n) is 0.899. The van der Waals surface area contributed by atoms with Crippen LogP contribution in [0.2, 0.25) is 0 Å². The number of ether oxygens (including phenoxy) is 1. The van der Waals surface area contributed by atoms with Gasteiger partial charge in [-0.05, 0) is 40.3 Å². The molecule has 0 amide bonds. The molecule has 8 heteroatoms. The number of benzene rings is 1. The molecule has 1 aromatic rings. The summed E-state index contributed by atoms with van der Waals surface area (Å²) in [4.78, 5) is 3.50. The first-order valence-electron chi connectivity index (χ1n) is 3.66. The lowest BCUT2D eigenvalue weighted by molar-refractivity contribution is -0.274. The second-order valence-corrected chi connectivity index (χ2v) is 4.44. The van der Waals surface area contributed by atoms with E-state index in [1.54, 1.807) is 0 Å². The maximum Gasteiger partial charge on any atom is 0.573 e. The Kier molecular flexibility index (Phi) is 4.49. The largest absolute Gasteiger partial charge is 0.573 e. The first kappa shape index (κ1) is 13.6. The van der Waals surface area contributed by atoms with Crippen LogP contribution in [-0.4, -0.2) is 11.5 Å². The van der Waals surface area contributed by atoms with Gasteiger partial charge in [0.1, 0.15) is 5.69 Å². The minimum absolute atomic E-state index is 0.0597. The second-order valence-electron chi connectivity index (χ2n) is 2.49. The number of nitrogens with zero attached hydrogens (tertiary/aromatic N) is 1. The summed E-state index contributed by atoms with van der Waals surface area (Å²) in [6.45, 7) is 0. The highest BCUT2D eigenvalue weighted by atomic mass is 79.9. The summed E-state index contributed by atoms with van der Waals surface area (Å²) in [5, 5.41) is 1.99. The molecule has 0 aliphatic carbocycles. The van der Waals surface area contributed by atoms with E-state index in [2.05, 4.69) is 53.8 Å². The van der Waals surface area contributed by atoms with Crippen molar-refractivity contribution in [3.8, 4) is 5.75 Å². The quantitative estimate of drug-likeness (QED) is 0.543. The van der Waals surface area contributed by atoms with E-state index in [0.717, 1.165) is 6.07 Å². The van der Waals surface area contributed by atoms with Crippen molar-refractivity contribution in [3.05, 3.63) is 21.1 Å². The Labute approximate surface area is 111 Å². The Morgan fingerprint density at radius 2 is 1.94 bits per heavy atom. The lowest BCUT2D eigenvalue weighted by Gasteiger charge is -2.11. The maximum absolute atomic E-state index is 12.1. The molecule has 0 atom stereocenters. The number of aliphatic imine (C=N–C) groups is 1. The molecule has 0 N–H and O–H groups in total. The Hall–Kier alpha value is -0.430. The Morgan fingerprint density at radius 3 is 2.44 bits per heavy atom. The van der Waals surface area contributed by atoms with E-state index in [1.165, 1.54) is 6.07 Å². The zero-order valence-electron chi connectivity index (χ0n) is 7.31. The summed E-state index contributed by atoms with van der Waals surface area (Å²) in [6.07, 6.45) is -4.79. The molecule has 2 nitrogen and oxygen atoms in total. The van der Waals surface area contributed by atoms with Crippen LogP contribution >= 0.6 is 44.1 Å². The molecule has 0 spiro atoms. The summed E-state index contributed by atoms with van der Waals surface area (Å²) in [5.74, 6) is -0.453. The van der Waals surface area contributed by atoms with Crippen molar-refractivity contribution in [3.63, 3.8) is 0 Å². The van der Waals surface area contributed by atoms with Crippen LogP contribution in [-0.2, 0) is 0 Å². The zero-order chi connectivity index (χ0) is 12.3. The third-order valence-electron chi connectivity index (χ3n) is 1.38. The van der Waals surface area contributed by atoms with Gasteiger partial charge in [0.15, 0.2) is 5.75 Å². The number of alkyl halides is 3. The van der Waals surface area contributed by atoms with Crippen LogP contribution in [0.1, 0.15) is 0 Å². The molecule has 1 rings (SSSR count). The summed E-state index contributed by atoms with van der Waals surface area (Å²) in [6, 6.07) is 2.67. The van der Waals surface area contributed by atoms with Gasteiger partial charge >= 0.3 is 6.36 Å². The van der Waals surface area contributed by atoms with Gasteiger partial charge in [-0.2, -0.15) is 4.99 Å². The fraction of sp³-hybridized carbons (Fsp3) is 0.125. The van der Waals surface area contributed by atoms with Gasteiger partial charge in [0.25, 0.3) is 0 Å². The fourth-order valence-corrected chi connectivity index (χ4v) is 2.26. The predicted molar refractivity (Wildman–Crippen MR) is 63.2 cm³/mol. The molecule has 0 saturated heterocycles. The molecule has 86 valence electrons. The Bertz CT molecular complexity index is 457. The molecule has 0 saturated carbocycles. The van der Waals surface area contributed by atoms with E-state index in [0.29, 0.717) is 8.95 Å². The second kappa shape index (κ2) is 5.27. The van der Waals surface area contributed by atoms with Crippen LogP contribution in [0.4, 0.5) is 18.9 Å². The number of halogens is 5. The Balaban J connectivity index is 3.29. The molecular formula is C8H2Br2F3NOS. The van der Waals surface area contributed by atoms with E-state index in [-0.39, 0.29) is 5.69 Å². The van der Waals surface area contributed by atoms with Crippen LogP contribution in [0.3, 0.4) is 0 Å². The van der Waals surface area contributed by atoms with E-state index < -0.39 is 12.1 Å². The monoisotopic (exact) mass is 375 g/mol. The van der Waals surface area contributed by atoms with Crippen molar-refractivity contribution in [2.24, 2.45) is 4.99 Å². The summed E-state index contributed by atoms with van der Waals surface area (Å²) < 4.78 is 40.8. The van der Waals surface area contributed by atoms with Gasteiger partial charge in [0.2, 0.25) is 0 Å². The number of thiocarbonyl (C=S) groups is 1. The normalized spacial score (nSPS) is 10.8. The molecule has 0 aromatic heterocycles. The molecule has 0 unspecified atom stereocenters. The van der Waals surface area contributed by atoms with Gasteiger partial charge in [-0.25, -0.2) is 0 Å². The molecular weight excluding hydrogens is 375 g/mol. The third kappa shape index (κ3) is 3.86. The number of hydrogen-bond donors (Lipinski definition) is 0. The molecule has 0 bridgehead atoms. The molecule has 1 aromatic carbocycles. The van der Waals surface area contributed by atoms with Crippen LogP contribution in [0, 0.1) is 0 Å². The minimum Gasteiger partial charge on any atom is -0.403 e. The van der Waals surface area contributed by atoms with Crippen LogP contribution in [0.15, 0.2) is 26.1 Å². The van der Waals surface area contributed by atoms with Gasteiger partial charge < -0.3 is 4.74 Å². The minimum atomic E-state index is -4.79. The highest BCUT2D eigenvalue weighted by Gasteiger charge is 2.32. The molecule has 0 aliphatic heterocycles. The zero-order valence-corrected chi connectivity index (χ0v) is 11.3. The highest BCUT2D eigenvalue weighted by molar-refractivity contribution is 9.11. The molecule has 16 heavy (non-hydrogen) atoms. The van der Waals surface area contributed by atoms with Crippen molar-refractivity contribution >= 4 is 54.9 Å². The van der Waals surface area contributed by atoms with Crippen LogP contribution < -0.4 is 4.74 Å². The summed E-state index contributed by atoms with van der Waals surface area (Å²) in [7, 11) is 0. The highest BCUT2D eigenvalue weighted by Crippen LogP contribution is 2.40. The van der Waals surface area contributed by atoms with Gasteiger partial charge in [-0.1, -0.05) is 15.9 Å². The first-order chi connectivity index (χ1) is 7.33.